The predicted molar refractivity (Wildman–Crippen MR) is 136 cm³/mol. The Labute approximate surface area is 203 Å². The largest absolute Gasteiger partial charge is 0.333 e. The van der Waals surface area contributed by atoms with Crippen LogP contribution in [0.5, 0.6) is 0 Å². The molecule has 0 aliphatic carbocycles. The minimum atomic E-state index is -0.533. The van der Waals surface area contributed by atoms with Gasteiger partial charge in [0.1, 0.15) is 6.54 Å². The van der Waals surface area contributed by atoms with E-state index in [4.69, 9.17) is 0 Å². The van der Waals surface area contributed by atoms with Gasteiger partial charge in [0.2, 0.25) is 5.91 Å². The average molecular weight is 472 g/mol. The number of imidazole rings is 1. The number of para-hydroxylation sites is 1. The highest BCUT2D eigenvalue weighted by molar-refractivity contribution is 5.96. The van der Waals surface area contributed by atoms with Crippen LogP contribution < -0.4 is 16.1 Å². The molecule has 8 heteroatoms. The van der Waals surface area contributed by atoms with Crippen LogP contribution in [0.1, 0.15) is 31.9 Å². The molecule has 0 spiro atoms. The van der Waals surface area contributed by atoms with E-state index in [9.17, 15) is 14.4 Å². The molecule has 180 valence electrons. The first-order valence-corrected chi connectivity index (χ1v) is 12.0. The number of benzene rings is 2. The Morgan fingerprint density at radius 1 is 1.03 bits per heavy atom. The van der Waals surface area contributed by atoms with E-state index in [0.717, 1.165) is 27.8 Å². The number of rotatable bonds is 6. The van der Waals surface area contributed by atoms with Crippen molar-refractivity contribution in [3.05, 3.63) is 92.9 Å². The second kappa shape index (κ2) is 9.02. The van der Waals surface area contributed by atoms with Crippen molar-refractivity contribution in [2.75, 3.05) is 4.90 Å². The maximum Gasteiger partial charge on any atom is 0.333 e. The van der Waals surface area contributed by atoms with Gasteiger partial charge in [0.15, 0.2) is 11.2 Å². The molecule has 0 N–H and O–H groups in total. The number of nitrogens with zero attached hydrogens (tertiary/aromatic N) is 5. The fourth-order valence-electron chi connectivity index (χ4n) is 4.98. The first-order valence-electron chi connectivity index (χ1n) is 12.0. The molecule has 8 nitrogen and oxygen atoms in total. The predicted octanol–water partition coefficient (Wildman–Crippen LogP) is 3.04. The topological polar surface area (TPSA) is 82.1 Å². The molecule has 4 aromatic rings. The third-order valence-electron chi connectivity index (χ3n) is 6.50. The van der Waals surface area contributed by atoms with Gasteiger partial charge < -0.3 is 9.47 Å². The molecule has 1 atom stereocenters. The van der Waals surface area contributed by atoms with Crippen LogP contribution in [0.25, 0.3) is 11.2 Å². The van der Waals surface area contributed by atoms with E-state index in [-0.39, 0.29) is 31.0 Å². The van der Waals surface area contributed by atoms with E-state index in [1.807, 2.05) is 61.5 Å². The van der Waals surface area contributed by atoms with Gasteiger partial charge in [0, 0.05) is 18.3 Å². The number of hydrogen-bond acceptors (Lipinski definition) is 4. The molecule has 0 bridgehead atoms. The van der Waals surface area contributed by atoms with Crippen LogP contribution in [-0.4, -0.2) is 30.6 Å². The molecule has 1 aliphatic rings. The van der Waals surface area contributed by atoms with Crippen molar-refractivity contribution in [1.29, 1.82) is 0 Å². The van der Waals surface area contributed by atoms with E-state index in [1.54, 1.807) is 15.8 Å². The Balaban J connectivity index is 1.63. The summed E-state index contributed by atoms with van der Waals surface area (Å²) < 4.78 is 4.36. The van der Waals surface area contributed by atoms with Crippen LogP contribution in [0.3, 0.4) is 0 Å². The maximum absolute atomic E-state index is 13.6. The smallest absolute Gasteiger partial charge is 0.324 e. The van der Waals surface area contributed by atoms with Crippen LogP contribution in [0, 0.1) is 5.92 Å². The number of fused-ring (bicyclic) bond motifs is 2. The third kappa shape index (κ3) is 4.09. The molecule has 3 heterocycles. The fourth-order valence-corrected chi connectivity index (χ4v) is 4.98. The second-order valence-electron chi connectivity index (χ2n) is 9.65. The highest BCUT2D eigenvalue weighted by Crippen LogP contribution is 2.31. The second-order valence-corrected chi connectivity index (χ2v) is 9.65. The van der Waals surface area contributed by atoms with E-state index in [2.05, 4.69) is 18.8 Å². The molecule has 1 aliphatic heterocycles. The van der Waals surface area contributed by atoms with Crippen LogP contribution >= 0.6 is 0 Å². The summed E-state index contributed by atoms with van der Waals surface area (Å²) in [7, 11) is 0. The van der Waals surface area contributed by atoms with Crippen molar-refractivity contribution in [1.82, 2.24) is 18.7 Å². The van der Waals surface area contributed by atoms with Crippen molar-refractivity contribution >= 4 is 22.8 Å². The average Bonchev–Trinajstić information content (AvgIpc) is 3.39. The SMILES string of the molecule is CC(C)Cn1cnc2c1c(=O)n(CC(=O)N1c3ccccc3CC1C)c(=O)n2Cc1ccccc1. The summed E-state index contributed by atoms with van der Waals surface area (Å²) in [6.07, 6.45) is 2.35. The van der Waals surface area contributed by atoms with Crippen molar-refractivity contribution in [2.24, 2.45) is 5.92 Å². The van der Waals surface area contributed by atoms with Crippen molar-refractivity contribution in [3.8, 4) is 0 Å². The molecule has 35 heavy (non-hydrogen) atoms. The highest BCUT2D eigenvalue weighted by Gasteiger charge is 2.31. The number of carbonyl (C=O) groups is 1. The lowest BCUT2D eigenvalue weighted by Gasteiger charge is -2.23. The summed E-state index contributed by atoms with van der Waals surface area (Å²) in [4.78, 5) is 46.9. The molecular weight excluding hydrogens is 442 g/mol. The van der Waals surface area contributed by atoms with Crippen molar-refractivity contribution in [2.45, 2.75) is 52.9 Å². The third-order valence-corrected chi connectivity index (χ3v) is 6.50. The van der Waals surface area contributed by atoms with Gasteiger partial charge in [-0.2, -0.15) is 0 Å². The van der Waals surface area contributed by atoms with Crippen LogP contribution in [0.2, 0.25) is 0 Å². The lowest BCUT2D eigenvalue weighted by atomic mass is 10.1. The van der Waals surface area contributed by atoms with Gasteiger partial charge in [-0.05, 0) is 36.5 Å². The van der Waals surface area contributed by atoms with Crippen molar-refractivity contribution in [3.63, 3.8) is 0 Å². The normalized spacial score (nSPS) is 15.2. The maximum atomic E-state index is 13.6. The van der Waals surface area contributed by atoms with Gasteiger partial charge >= 0.3 is 5.69 Å². The molecule has 0 fully saturated rings. The number of aromatic nitrogens is 4. The van der Waals surface area contributed by atoms with Gasteiger partial charge in [-0.3, -0.25) is 14.2 Å². The monoisotopic (exact) mass is 471 g/mol. The zero-order valence-corrected chi connectivity index (χ0v) is 20.2. The zero-order chi connectivity index (χ0) is 24.7. The standard InChI is InChI=1S/C27H29N5O3/c1-18(2)14-29-17-28-25-24(29)26(34)31(27(35)30(25)15-20-9-5-4-6-10-20)16-23(33)32-19(3)13-21-11-7-8-12-22(21)32/h4-12,17-19H,13-16H2,1-3H3. The Hall–Kier alpha value is -3.94. The molecule has 2 aromatic heterocycles. The fraction of sp³-hybridized carbons (Fsp3) is 0.333. The van der Waals surface area contributed by atoms with Gasteiger partial charge in [-0.1, -0.05) is 62.4 Å². The minimum absolute atomic E-state index is 0.0441. The Kier molecular flexibility index (Phi) is 5.88. The molecule has 1 unspecified atom stereocenters. The Bertz CT molecular complexity index is 1510. The summed E-state index contributed by atoms with van der Waals surface area (Å²) in [5, 5.41) is 0. The van der Waals surface area contributed by atoms with Gasteiger partial charge in [0.05, 0.1) is 12.9 Å². The molecule has 0 radical (unpaired) electrons. The summed E-state index contributed by atoms with van der Waals surface area (Å²) in [5.74, 6) is 0.000482. The number of anilines is 1. The first-order chi connectivity index (χ1) is 16.8. The van der Waals surface area contributed by atoms with Crippen molar-refractivity contribution < 1.29 is 4.79 Å². The summed E-state index contributed by atoms with van der Waals surface area (Å²) >= 11 is 0. The van der Waals surface area contributed by atoms with Gasteiger partial charge in [-0.15, -0.1) is 0 Å². The summed E-state index contributed by atoms with van der Waals surface area (Å²) in [6.45, 7) is 6.61. The minimum Gasteiger partial charge on any atom is -0.324 e. The van der Waals surface area contributed by atoms with Crippen LogP contribution in [0.15, 0.2) is 70.5 Å². The zero-order valence-electron chi connectivity index (χ0n) is 20.2. The lowest BCUT2D eigenvalue weighted by Crippen LogP contribution is -2.46. The summed E-state index contributed by atoms with van der Waals surface area (Å²) in [6, 6.07) is 17.3. The molecule has 2 aromatic carbocycles. The quantitative estimate of drug-likeness (QED) is 0.433. The number of amides is 1. The van der Waals surface area contributed by atoms with E-state index in [1.165, 1.54) is 4.57 Å². The lowest BCUT2D eigenvalue weighted by molar-refractivity contribution is -0.119. The molecule has 5 rings (SSSR count). The van der Waals surface area contributed by atoms with E-state index < -0.39 is 11.2 Å². The highest BCUT2D eigenvalue weighted by atomic mass is 16.2. The molecule has 0 saturated heterocycles. The van der Waals surface area contributed by atoms with Crippen LogP contribution in [0.4, 0.5) is 5.69 Å². The molecular formula is C27H29N5O3. The number of hydrogen-bond donors (Lipinski definition) is 0. The van der Waals surface area contributed by atoms with E-state index in [0.29, 0.717) is 17.7 Å². The Morgan fingerprint density at radius 3 is 2.49 bits per heavy atom. The molecule has 0 saturated carbocycles. The van der Waals surface area contributed by atoms with Crippen LogP contribution in [-0.2, 0) is 30.8 Å². The molecule has 1 amide bonds. The first kappa shape index (κ1) is 22.8. The van der Waals surface area contributed by atoms with Gasteiger partial charge in [0.25, 0.3) is 5.56 Å². The summed E-state index contributed by atoms with van der Waals surface area (Å²) in [5.41, 5.74) is 2.51. The van der Waals surface area contributed by atoms with E-state index >= 15 is 0 Å². The number of carbonyl (C=O) groups excluding carboxylic acids is 1. The van der Waals surface area contributed by atoms with Gasteiger partial charge in [-0.25, -0.2) is 14.3 Å². The Morgan fingerprint density at radius 2 is 1.74 bits per heavy atom.